The SMILES string of the molecule is COc1cc(CCC(=O)OCC(=O)NCCc2ccc(OC(F)F)cc2)cc(OC)c1OC. The van der Waals surface area contributed by atoms with E-state index in [0.29, 0.717) is 36.6 Å². The van der Waals surface area contributed by atoms with Crippen LogP contribution in [0.4, 0.5) is 8.78 Å². The molecule has 10 heteroatoms. The Bertz CT molecular complexity index is 895. The predicted octanol–water partition coefficient (Wildman–Crippen LogP) is 3.15. The number of carbonyl (C=O) groups excluding carboxylic acids is 2. The summed E-state index contributed by atoms with van der Waals surface area (Å²) in [5.41, 5.74) is 1.62. The first-order valence-corrected chi connectivity index (χ1v) is 10.1. The quantitative estimate of drug-likeness (QED) is 0.453. The highest BCUT2D eigenvalue weighted by Crippen LogP contribution is 2.38. The first kappa shape index (κ1) is 25.7. The molecule has 0 saturated carbocycles. The zero-order valence-electron chi connectivity index (χ0n) is 18.7. The van der Waals surface area contributed by atoms with Crippen LogP contribution in [-0.4, -0.2) is 53.0 Å². The van der Waals surface area contributed by atoms with Gasteiger partial charge in [0.15, 0.2) is 18.1 Å². The van der Waals surface area contributed by atoms with Gasteiger partial charge in [0.2, 0.25) is 5.75 Å². The molecule has 180 valence electrons. The molecule has 2 aromatic carbocycles. The van der Waals surface area contributed by atoms with Crippen molar-refractivity contribution in [3.63, 3.8) is 0 Å². The highest BCUT2D eigenvalue weighted by atomic mass is 19.3. The summed E-state index contributed by atoms with van der Waals surface area (Å²) in [4.78, 5) is 23.9. The molecule has 0 aliphatic heterocycles. The number of methoxy groups -OCH3 is 3. The lowest BCUT2D eigenvalue weighted by molar-refractivity contribution is -0.148. The van der Waals surface area contributed by atoms with E-state index in [1.807, 2.05) is 0 Å². The monoisotopic (exact) mass is 467 g/mol. The number of esters is 1. The van der Waals surface area contributed by atoms with Crippen molar-refractivity contribution in [2.75, 3.05) is 34.5 Å². The molecule has 33 heavy (non-hydrogen) atoms. The fourth-order valence-corrected chi connectivity index (χ4v) is 2.98. The second-order valence-electron chi connectivity index (χ2n) is 6.82. The highest BCUT2D eigenvalue weighted by Gasteiger charge is 2.14. The molecule has 2 rings (SSSR count). The number of rotatable bonds is 13. The van der Waals surface area contributed by atoms with E-state index < -0.39 is 25.1 Å². The third-order valence-electron chi connectivity index (χ3n) is 4.59. The minimum Gasteiger partial charge on any atom is -0.493 e. The maximum absolute atomic E-state index is 12.1. The maximum atomic E-state index is 12.1. The minimum absolute atomic E-state index is 0.0659. The van der Waals surface area contributed by atoms with Crippen LogP contribution < -0.4 is 24.3 Å². The standard InChI is InChI=1S/C23H27F2NO7/c1-29-18-12-16(13-19(30-2)22(18)31-3)6-9-21(28)32-14-20(27)26-11-10-15-4-7-17(8-5-15)33-23(24)25/h4-5,7-8,12-13,23H,6,9-11,14H2,1-3H3,(H,26,27). The van der Waals surface area contributed by atoms with E-state index in [4.69, 9.17) is 18.9 Å². The minimum atomic E-state index is -2.88. The highest BCUT2D eigenvalue weighted by molar-refractivity contribution is 5.80. The number of aryl methyl sites for hydroxylation is 1. The van der Waals surface area contributed by atoms with Crippen molar-refractivity contribution in [3.05, 3.63) is 47.5 Å². The Morgan fingerprint density at radius 1 is 0.909 bits per heavy atom. The van der Waals surface area contributed by atoms with E-state index in [0.717, 1.165) is 11.1 Å². The van der Waals surface area contributed by atoms with Crippen LogP contribution in [0.15, 0.2) is 36.4 Å². The van der Waals surface area contributed by atoms with E-state index in [-0.39, 0.29) is 12.2 Å². The van der Waals surface area contributed by atoms with Gasteiger partial charge in [0.1, 0.15) is 5.75 Å². The van der Waals surface area contributed by atoms with E-state index in [1.165, 1.54) is 33.5 Å². The van der Waals surface area contributed by atoms with Crippen LogP contribution >= 0.6 is 0 Å². The molecule has 0 aliphatic rings. The second kappa shape index (κ2) is 13.1. The van der Waals surface area contributed by atoms with Gasteiger partial charge in [-0.1, -0.05) is 12.1 Å². The fraction of sp³-hybridized carbons (Fsp3) is 0.391. The van der Waals surface area contributed by atoms with Crippen LogP contribution in [0.3, 0.4) is 0 Å². The van der Waals surface area contributed by atoms with Gasteiger partial charge in [-0.2, -0.15) is 8.78 Å². The number of hydrogen-bond acceptors (Lipinski definition) is 7. The number of benzene rings is 2. The van der Waals surface area contributed by atoms with Gasteiger partial charge in [-0.3, -0.25) is 9.59 Å². The van der Waals surface area contributed by atoms with Crippen molar-refractivity contribution in [2.45, 2.75) is 25.9 Å². The molecule has 1 N–H and O–H groups in total. The van der Waals surface area contributed by atoms with E-state index >= 15 is 0 Å². The number of nitrogens with one attached hydrogen (secondary N) is 1. The lowest BCUT2D eigenvalue weighted by atomic mass is 10.1. The topological polar surface area (TPSA) is 92.3 Å². The van der Waals surface area contributed by atoms with Crippen molar-refractivity contribution < 1.29 is 42.1 Å². The van der Waals surface area contributed by atoms with Crippen LogP contribution in [-0.2, 0) is 27.2 Å². The summed E-state index contributed by atoms with van der Waals surface area (Å²) in [6.45, 7) is -2.97. The molecular formula is C23H27F2NO7. The maximum Gasteiger partial charge on any atom is 0.387 e. The van der Waals surface area contributed by atoms with Gasteiger partial charge in [0.05, 0.1) is 21.3 Å². The molecular weight excluding hydrogens is 440 g/mol. The lowest BCUT2D eigenvalue weighted by Crippen LogP contribution is -2.30. The Balaban J connectivity index is 1.71. The van der Waals surface area contributed by atoms with E-state index in [2.05, 4.69) is 10.1 Å². The first-order chi connectivity index (χ1) is 15.9. The van der Waals surface area contributed by atoms with Crippen LogP contribution in [0.1, 0.15) is 17.5 Å². The van der Waals surface area contributed by atoms with Crippen molar-refractivity contribution in [3.8, 4) is 23.0 Å². The summed E-state index contributed by atoms with van der Waals surface area (Å²) in [7, 11) is 4.51. The molecule has 0 fully saturated rings. The average Bonchev–Trinajstić information content (AvgIpc) is 2.81. The molecule has 0 bridgehead atoms. The van der Waals surface area contributed by atoms with Gasteiger partial charge < -0.3 is 29.0 Å². The van der Waals surface area contributed by atoms with Gasteiger partial charge in [0.25, 0.3) is 5.91 Å². The Morgan fingerprint density at radius 2 is 1.55 bits per heavy atom. The smallest absolute Gasteiger partial charge is 0.387 e. The predicted molar refractivity (Wildman–Crippen MR) is 115 cm³/mol. The molecule has 0 spiro atoms. The number of ether oxygens (including phenoxy) is 5. The van der Waals surface area contributed by atoms with Crippen LogP contribution in [0.25, 0.3) is 0 Å². The van der Waals surface area contributed by atoms with E-state index in [9.17, 15) is 18.4 Å². The van der Waals surface area contributed by atoms with Crippen LogP contribution in [0.5, 0.6) is 23.0 Å². The molecule has 0 radical (unpaired) electrons. The molecule has 8 nitrogen and oxygen atoms in total. The van der Waals surface area contributed by atoms with Gasteiger partial charge in [0, 0.05) is 13.0 Å². The zero-order valence-corrected chi connectivity index (χ0v) is 18.7. The second-order valence-corrected chi connectivity index (χ2v) is 6.82. The van der Waals surface area contributed by atoms with Gasteiger partial charge in [-0.05, 0) is 48.2 Å². The summed E-state index contributed by atoms with van der Waals surface area (Å²) in [5, 5.41) is 2.64. The van der Waals surface area contributed by atoms with E-state index in [1.54, 1.807) is 24.3 Å². The Labute approximate surface area is 190 Å². The largest absolute Gasteiger partial charge is 0.493 e. The number of carbonyl (C=O) groups is 2. The number of halogens is 2. The summed E-state index contributed by atoms with van der Waals surface area (Å²) < 4.78 is 49.4. The molecule has 1 amide bonds. The van der Waals surface area contributed by atoms with Crippen LogP contribution in [0, 0.1) is 0 Å². The van der Waals surface area contributed by atoms with Crippen molar-refractivity contribution >= 4 is 11.9 Å². The molecule has 0 aromatic heterocycles. The molecule has 0 aliphatic carbocycles. The Morgan fingerprint density at radius 3 is 2.09 bits per heavy atom. The number of alkyl halides is 2. The Kier molecular flexibility index (Phi) is 10.2. The molecule has 0 atom stereocenters. The summed E-state index contributed by atoms with van der Waals surface area (Å²) >= 11 is 0. The fourth-order valence-electron chi connectivity index (χ4n) is 2.98. The number of hydrogen-bond donors (Lipinski definition) is 1. The first-order valence-electron chi connectivity index (χ1n) is 10.1. The van der Waals surface area contributed by atoms with Crippen molar-refractivity contribution in [1.82, 2.24) is 5.32 Å². The van der Waals surface area contributed by atoms with Gasteiger partial charge >= 0.3 is 12.6 Å². The zero-order chi connectivity index (χ0) is 24.2. The molecule has 0 unspecified atom stereocenters. The van der Waals surface area contributed by atoms with Gasteiger partial charge in [-0.15, -0.1) is 0 Å². The lowest BCUT2D eigenvalue weighted by Gasteiger charge is -2.14. The molecule has 2 aromatic rings. The van der Waals surface area contributed by atoms with Crippen molar-refractivity contribution in [1.29, 1.82) is 0 Å². The molecule has 0 heterocycles. The summed E-state index contributed by atoms with van der Waals surface area (Å²) in [6, 6.07) is 9.61. The molecule has 0 saturated heterocycles. The summed E-state index contributed by atoms with van der Waals surface area (Å²) in [6.07, 6.45) is 0.914. The van der Waals surface area contributed by atoms with Gasteiger partial charge in [-0.25, -0.2) is 0 Å². The third kappa shape index (κ3) is 8.47. The normalized spacial score (nSPS) is 10.5. The average molecular weight is 467 g/mol. The Hall–Kier alpha value is -3.56. The van der Waals surface area contributed by atoms with Crippen LogP contribution in [0.2, 0.25) is 0 Å². The summed E-state index contributed by atoms with van der Waals surface area (Å²) in [5.74, 6) is 0.533. The number of amides is 1. The third-order valence-corrected chi connectivity index (χ3v) is 4.59. The van der Waals surface area contributed by atoms with Crippen molar-refractivity contribution in [2.24, 2.45) is 0 Å².